The molecule has 0 atom stereocenters. The Morgan fingerprint density at radius 1 is 0.388 bits per heavy atom. The van der Waals surface area contributed by atoms with Crippen molar-refractivity contribution in [2.24, 2.45) is 0 Å². The van der Waals surface area contributed by atoms with E-state index in [9.17, 15) is 0 Å². The fourth-order valence-corrected chi connectivity index (χ4v) is 19.4. The Bertz CT molecular complexity index is 1890. The van der Waals surface area contributed by atoms with Gasteiger partial charge >= 0.3 is 291 Å². The molecule has 49 heavy (non-hydrogen) atoms. The first-order valence-corrected chi connectivity index (χ1v) is 20.7. The average Bonchev–Trinajstić information content (AvgIpc) is 3.17. The van der Waals surface area contributed by atoms with Gasteiger partial charge in [0, 0.05) is 0 Å². The molecule has 0 unspecified atom stereocenters. The molecule has 0 amide bonds. The molecular formula is C42H38GeN2O4. The molecule has 0 bridgehead atoms. The Balaban J connectivity index is 1.51. The normalized spacial score (nSPS) is 13.6. The SMILES string of the molecule is COc1ccc2[c](c1)[Ge]1([c]3cc(OC)ccc3N2Cc2ccccc2)[c]2cc(OC)ccc2N(Cc2ccccc2)c2ccc(OC)c[c]21. The van der Waals surface area contributed by atoms with Gasteiger partial charge in [-0.3, -0.25) is 0 Å². The van der Waals surface area contributed by atoms with Gasteiger partial charge in [-0.15, -0.1) is 0 Å². The molecule has 244 valence electrons. The van der Waals surface area contributed by atoms with E-state index < -0.39 is 13.3 Å². The maximum atomic E-state index is 5.99. The zero-order valence-electron chi connectivity index (χ0n) is 28.1. The monoisotopic (exact) mass is 708 g/mol. The second kappa shape index (κ2) is 12.6. The summed E-state index contributed by atoms with van der Waals surface area (Å²) in [5, 5.41) is 0. The number of hydrogen-bond acceptors (Lipinski definition) is 6. The predicted molar refractivity (Wildman–Crippen MR) is 201 cm³/mol. The molecule has 0 fully saturated rings. The van der Waals surface area contributed by atoms with Crippen molar-refractivity contribution in [3.63, 3.8) is 0 Å². The van der Waals surface area contributed by atoms with Crippen LogP contribution in [0.2, 0.25) is 0 Å². The van der Waals surface area contributed by atoms with Crippen LogP contribution in [0.5, 0.6) is 23.0 Å². The zero-order valence-corrected chi connectivity index (χ0v) is 30.2. The Hall–Kier alpha value is -5.34. The standard InChI is InChI=1S/C42H38GeN2O4/c1-46-31-15-19-39-35(23-31)43(36-24-32(47-2)16-20-40(36)44(39)27-29-11-7-5-8-12-29)37-25-33(48-3)17-21-41(37)45(28-30-13-9-6-10-14-30)42-22-18-34(49-4)26-38(42)43/h5-26H,27-28H2,1-4H3. The van der Waals surface area contributed by atoms with Crippen molar-refractivity contribution in [1.29, 1.82) is 0 Å². The second-order valence-corrected chi connectivity index (χ2v) is 20.1. The molecule has 1 spiro atoms. The zero-order chi connectivity index (χ0) is 33.5. The van der Waals surface area contributed by atoms with Gasteiger partial charge in [0.15, 0.2) is 0 Å². The molecule has 8 rings (SSSR count). The van der Waals surface area contributed by atoms with Crippen LogP contribution in [0.25, 0.3) is 0 Å². The summed E-state index contributed by atoms with van der Waals surface area (Å²) in [6.07, 6.45) is 0. The van der Waals surface area contributed by atoms with Gasteiger partial charge in [0.05, 0.1) is 0 Å². The van der Waals surface area contributed by atoms with Crippen LogP contribution in [0.15, 0.2) is 133 Å². The van der Waals surface area contributed by atoms with Crippen molar-refractivity contribution in [3.8, 4) is 23.0 Å². The number of benzene rings is 6. The van der Waals surface area contributed by atoms with Crippen molar-refractivity contribution in [2.75, 3.05) is 38.2 Å². The minimum atomic E-state index is -3.99. The molecule has 2 heterocycles. The molecule has 7 heteroatoms. The first kappa shape index (κ1) is 31.0. The molecule has 0 saturated carbocycles. The summed E-state index contributed by atoms with van der Waals surface area (Å²) in [6.45, 7) is 1.43. The Labute approximate surface area is 290 Å². The molecule has 0 saturated heterocycles. The number of methoxy groups -OCH3 is 4. The Morgan fingerprint density at radius 3 is 0.939 bits per heavy atom. The van der Waals surface area contributed by atoms with E-state index in [1.807, 2.05) is 0 Å². The van der Waals surface area contributed by atoms with Crippen LogP contribution in [-0.2, 0) is 13.1 Å². The fraction of sp³-hybridized carbons (Fsp3) is 0.143. The van der Waals surface area contributed by atoms with E-state index in [1.54, 1.807) is 28.4 Å². The number of anilines is 4. The third-order valence-electron chi connectivity index (χ3n) is 9.96. The number of fused-ring (bicyclic) bond motifs is 8. The van der Waals surface area contributed by atoms with Crippen LogP contribution in [0.4, 0.5) is 22.7 Å². The third-order valence-corrected chi connectivity index (χ3v) is 20.1. The molecule has 0 N–H and O–H groups in total. The molecular weight excluding hydrogens is 669 g/mol. The Morgan fingerprint density at radius 2 is 0.673 bits per heavy atom. The summed E-state index contributed by atoms with van der Waals surface area (Å²) in [5.74, 6) is 3.32. The second-order valence-electron chi connectivity index (χ2n) is 12.4. The van der Waals surface area contributed by atoms with Gasteiger partial charge in [-0.25, -0.2) is 0 Å². The van der Waals surface area contributed by atoms with Gasteiger partial charge in [-0.2, -0.15) is 0 Å². The molecule has 6 nitrogen and oxygen atoms in total. The first-order chi connectivity index (χ1) is 24.1. The average molecular weight is 707 g/mol. The predicted octanol–water partition coefficient (Wildman–Crippen LogP) is 6.40. The van der Waals surface area contributed by atoms with Gasteiger partial charge in [-0.05, 0) is 0 Å². The summed E-state index contributed by atoms with van der Waals surface area (Å²) in [6, 6.07) is 47.8. The number of ether oxygens (including phenoxy) is 4. The van der Waals surface area contributed by atoms with Gasteiger partial charge < -0.3 is 0 Å². The summed E-state index contributed by atoms with van der Waals surface area (Å²) < 4.78 is 29.1. The third kappa shape index (κ3) is 5.01. The van der Waals surface area contributed by atoms with Crippen molar-refractivity contribution < 1.29 is 18.9 Å². The minimum absolute atomic E-state index is 0.716. The van der Waals surface area contributed by atoms with Crippen LogP contribution >= 0.6 is 0 Å². The molecule has 6 aromatic carbocycles. The maximum absolute atomic E-state index is 5.99. The molecule has 0 aliphatic carbocycles. The van der Waals surface area contributed by atoms with E-state index in [1.165, 1.54) is 51.5 Å². The van der Waals surface area contributed by atoms with Crippen molar-refractivity contribution >= 4 is 53.6 Å². The topological polar surface area (TPSA) is 43.4 Å². The van der Waals surface area contributed by atoms with E-state index in [0.29, 0.717) is 13.1 Å². The molecule has 2 aliphatic rings. The molecule has 0 radical (unpaired) electrons. The van der Waals surface area contributed by atoms with Crippen LogP contribution in [-0.4, -0.2) is 41.7 Å². The van der Waals surface area contributed by atoms with Crippen LogP contribution < -0.4 is 46.3 Å². The van der Waals surface area contributed by atoms with Crippen molar-refractivity contribution in [1.82, 2.24) is 0 Å². The van der Waals surface area contributed by atoms with Gasteiger partial charge in [0.2, 0.25) is 0 Å². The number of hydrogen-bond donors (Lipinski definition) is 0. The summed E-state index contributed by atoms with van der Waals surface area (Å²) in [4.78, 5) is 4.93. The van der Waals surface area contributed by atoms with E-state index >= 15 is 0 Å². The van der Waals surface area contributed by atoms with E-state index in [-0.39, 0.29) is 0 Å². The molecule has 2 aliphatic heterocycles. The summed E-state index contributed by atoms with van der Waals surface area (Å²) in [7, 11) is 7.00. The van der Waals surface area contributed by atoms with Crippen molar-refractivity contribution in [2.45, 2.75) is 13.1 Å². The summed E-state index contributed by atoms with van der Waals surface area (Å²) >= 11 is -3.99. The van der Waals surface area contributed by atoms with Crippen LogP contribution in [0, 0.1) is 0 Å². The fourth-order valence-electron chi connectivity index (χ4n) is 7.71. The van der Waals surface area contributed by atoms with E-state index in [4.69, 9.17) is 18.9 Å². The van der Waals surface area contributed by atoms with Gasteiger partial charge in [0.25, 0.3) is 0 Å². The first-order valence-electron chi connectivity index (χ1n) is 16.5. The number of rotatable bonds is 8. The van der Waals surface area contributed by atoms with Gasteiger partial charge in [-0.1, -0.05) is 0 Å². The van der Waals surface area contributed by atoms with E-state index in [0.717, 1.165) is 23.0 Å². The van der Waals surface area contributed by atoms with Crippen LogP contribution in [0.1, 0.15) is 11.1 Å². The van der Waals surface area contributed by atoms with E-state index in [2.05, 4.69) is 143 Å². The summed E-state index contributed by atoms with van der Waals surface area (Å²) in [5.41, 5.74) is 7.19. The quantitative estimate of drug-likeness (QED) is 0.171. The van der Waals surface area contributed by atoms with Crippen molar-refractivity contribution in [3.05, 3.63) is 145 Å². The Kier molecular flexibility index (Phi) is 7.96. The van der Waals surface area contributed by atoms with Gasteiger partial charge in [0.1, 0.15) is 0 Å². The molecule has 0 aromatic heterocycles. The molecule has 6 aromatic rings. The van der Waals surface area contributed by atoms with Crippen LogP contribution in [0.3, 0.4) is 0 Å². The number of nitrogens with zero attached hydrogens (tertiary/aromatic N) is 2.